The second-order valence-corrected chi connectivity index (χ2v) is 2.21. The van der Waals surface area contributed by atoms with E-state index in [1.165, 1.54) is 6.08 Å². The van der Waals surface area contributed by atoms with Crippen LogP contribution < -0.4 is 0 Å². The van der Waals surface area contributed by atoms with Crippen molar-refractivity contribution < 1.29 is 4.79 Å². The molecule has 0 fully saturated rings. The smallest absolute Gasteiger partial charge is 0.142 e. The van der Waals surface area contributed by atoms with Crippen LogP contribution in [0.15, 0.2) is 12.7 Å². The van der Waals surface area contributed by atoms with E-state index in [1.807, 2.05) is 0 Å². The lowest BCUT2D eigenvalue weighted by Gasteiger charge is -1.37. The Hall–Kier alpha value is 0.0700. The summed E-state index contributed by atoms with van der Waals surface area (Å²) in [5.41, 5.74) is 0. The van der Waals surface area contributed by atoms with Crippen molar-refractivity contribution in [3.8, 4) is 0 Å². The summed E-state index contributed by atoms with van der Waals surface area (Å²) < 4.78 is 0. The lowest BCUT2D eigenvalue weighted by atomic mass is 10.8. The van der Waals surface area contributed by atoms with Gasteiger partial charge >= 0.3 is 0 Å². The van der Waals surface area contributed by atoms with Crippen LogP contribution in [-0.2, 0) is 36.1 Å². The summed E-state index contributed by atoms with van der Waals surface area (Å²) >= 11 is 8.25. The van der Waals surface area contributed by atoms with Crippen molar-refractivity contribution >= 4 is 37.5 Å². The number of hydrogen-bond donors (Lipinski definition) is 0. The minimum absolute atomic E-state index is 0.639. The SMILES string of the molecule is C=CC=O.S=S=S. The standard InChI is InChI=1S/C3H4O.S3/c1-2-3-4;1-3-2/h2-3H,1H2;. The third-order valence-corrected chi connectivity index (χ3v) is 0.0962. The van der Waals surface area contributed by atoms with E-state index in [0.717, 1.165) is 8.88 Å². The zero-order valence-electron chi connectivity index (χ0n) is 3.49. The molecule has 0 aliphatic rings. The van der Waals surface area contributed by atoms with Gasteiger partial charge in [0.25, 0.3) is 0 Å². The van der Waals surface area contributed by atoms with E-state index in [0.29, 0.717) is 6.29 Å². The molecule has 4 heteroatoms. The molecule has 7 heavy (non-hydrogen) atoms. The number of hydrogen-bond acceptors (Lipinski definition) is 3. The Kier molecular flexibility index (Phi) is 24.0. The van der Waals surface area contributed by atoms with Gasteiger partial charge in [0, 0.05) is 31.3 Å². The van der Waals surface area contributed by atoms with Crippen LogP contribution in [-0.4, -0.2) is 6.29 Å². The highest BCUT2D eigenvalue weighted by molar-refractivity contribution is 8.37. The molecule has 1 nitrogen and oxygen atoms in total. The molecule has 0 unspecified atom stereocenters. The number of carbonyl (C=O) groups excluding carboxylic acids is 1. The first-order chi connectivity index (χ1) is 3.33. The summed E-state index contributed by atoms with van der Waals surface area (Å²) in [4.78, 5) is 9.06. The van der Waals surface area contributed by atoms with Crippen LogP contribution in [0.4, 0.5) is 0 Å². The molecular formula is C3H4OS3. The summed E-state index contributed by atoms with van der Waals surface area (Å²) in [7, 11) is 0.917. The van der Waals surface area contributed by atoms with Crippen LogP contribution in [0.1, 0.15) is 0 Å². The Morgan fingerprint density at radius 3 is 1.71 bits per heavy atom. The molecule has 0 aromatic heterocycles. The van der Waals surface area contributed by atoms with E-state index in [4.69, 9.17) is 4.79 Å². The summed E-state index contributed by atoms with van der Waals surface area (Å²) in [6.45, 7) is 3.11. The minimum atomic E-state index is 0.639. The number of allylic oxidation sites excluding steroid dienone is 1. The highest BCUT2D eigenvalue weighted by Gasteiger charge is 1.38. The first-order valence-electron chi connectivity index (χ1n) is 1.31. The Labute approximate surface area is 55.3 Å². The molecule has 0 saturated heterocycles. The van der Waals surface area contributed by atoms with Gasteiger partial charge in [-0.1, -0.05) is 6.58 Å². The van der Waals surface area contributed by atoms with Gasteiger partial charge in [0.15, 0.2) is 0 Å². The third kappa shape index (κ3) is 87.8. The monoisotopic (exact) mass is 152 g/mol. The van der Waals surface area contributed by atoms with E-state index in [-0.39, 0.29) is 0 Å². The first-order valence-corrected chi connectivity index (χ1v) is 3.98. The number of aldehydes is 1. The minimum Gasteiger partial charge on any atom is -0.299 e. The molecule has 0 spiro atoms. The summed E-state index contributed by atoms with van der Waals surface area (Å²) in [6.07, 6.45) is 1.83. The molecule has 0 aliphatic heterocycles. The fraction of sp³-hybridized carbons (Fsp3) is 0. The second kappa shape index (κ2) is 16.6. The van der Waals surface area contributed by atoms with Crippen LogP contribution in [0.3, 0.4) is 0 Å². The first kappa shape index (κ1) is 10.1. The molecule has 0 aromatic carbocycles. The maximum Gasteiger partial charge on any atom is 0.142 e. The van der Waals surface area contributed by atoms with Crippen molar-refractivity contribution in [2.45, 2.75) is 0 Å². The number of carbonyl (C=O) groups is 1. The Balaban J connectivity index is 0. The molecule has 0 aromatic rings. The molecular weight excluding hydrogens is 148 g/mol. The molecule has 0 radical (unpaired) electrons. The van der Waals surface area contributed by atoms with Crippen molar-refractivity contribution in [1.82, 2.24) is 0 Å². The molecule has 40 valence electrons. The van der Waals surface area contributed by atoms with Gasteiger partial charge in [0.1, 0.15) is 6.29 Å². The van der Waals surface area contributed by atoms with Gasteiger partial charge in [-0.15, -0.1) is 0 Å². The summed E-state index contributed by atoms with van der Waals surface area (Å²) in [6, 6.07) is 0. The van der Waals surface area contributed by atoms with Crippen molar-refractivity contribution in [3.05, 3.63) is 12.7 Å². The van der Waals surface area contributed by atoms with Crippen LogP contribution in [0.25, 0.3) is 0 Å². The predicted octanol–water partition coefficient (Wildman–Crippen LogP) is 0.364. The van der Waals surface area contributed by atoms with Gasteiger partial charge < -0.3 is 0 Å². The zero-order valence-corrected chi connectivity index (χ0v) is 5.94. The van der Waals surface area contributed by atoms with Gasteiger partial charge in [0.05, 0.1) is 0 Å². The molecule has 0 saturated carbocycles. The fourth-order valence-corrected chi connectivity index (χ4v) is 0. The number of rotatable bonds is 1. The quantitative estimate of drug-likeness (QED) is 0.399. The van der Waals surface area contributed by atoms with Gasteiger partial charge in [-0.05, 0) is 6.08 Å². The highest BCUT2D eigenvalue weighted by Crippen LogP contribution is 1.35. The maximum absolute atomic E-state index is 9.06. The molecule has 0 amide bonds. The predicted molar refractivity (Wildman–Crippen MR) is 38.4 cm³/mol. The average molecular weight is 152 g/mol. The molecule has 0 atom stereocenters. The lowest BCUT2D eigenvalue weighted by Crippen LogP contribution is -1.44. The molecule has 0 rings (SSSR count). The highest BCUT2D eigenvalue weighted by atomic mass is 33.1. The second-order valence-electron chi connectivity index (χ2n) is 0.440. The van der Waals surface area contributed by atoms with Crippen LogP contribution >= 0.6 is 0 Å². The van der Waals surface area contributed by atoms with E-state index in [9.17, 15) is 0 Å². The van der Waals surface area contributed by atoms with Crippen LogP contribution in [0.2, 0.25) is 0 Å². The summed E-state index contributed by atoms with van der Waals surface area (Å²) in [5.74, 6) is 0. The van der Waals surface area contributed by atoms with E-state index in [1.54, 1.807) is 0 Å². The topological polar surface area (TPSA) is 17.1 Å². The third-order valence-electron chi connectivity index (χ3n) is 0.0962. The van der Waals surface area contributed by atoms with Crippen molar-refractivity contribution in [1.29, 1.82) is 0 Å². The average Bonchev–Trinajstić information content (AvgIpc) is 1.69. The lowest BCUT2D eigenvalue weighted by molar-refractivity contribution is -0.104. The zero-order chi connectivity index (χ0) is 6.12. The van der Waals surface area contributed by atoms with Gasteiger partial charge in [-0.25, -0.2) is 0 Å². The largest absolute Gasteiger partial charge is 0.299 e. The van der Waals surface area contributed by atoms with E-state index < -0.39 is 0 Å². The maximum atomic E-state index is 9.06. The van der Waals surface area contributed by atoms with Crippen molar-refractivity contribution in [2.75, 3.05) is 0 Å². The molecule has 0 bridgehead atoms. The van der Waals surface area contributed by atoms with E-state index >= 15 is 0 Å². The molecule has 0 aliphatic carbocycles. The fourth-order valence-electron chi connectivity index (χ4n) is 0. The van der Waals surface area contributed by atoms with Crippen molar-refractivity contribution in [3.63, 3.8) is 0 Å². The van der Waals surface area contributed by atoms with Crippen molar-refractivity contribution in [2.24, 2.45) is 0 Å². The van der Waals surface area contributed by atoms with Gasteiger partial charge in [0.2, 0.25) is 0 Å². The van der Waals surface area contributed by atoms with E-state index in [2.05, 4.69) is 29.0 Å². The van der Waals surface area contributed by atoms with Crippen LogP contribution in [0.5, 0.6) is 0 Å². The van der Waals surface area contributed by atoms with Gasteiger partial charge in [-0.2, -0.15) is 0 Å². The van der Waals surface area contributed by atoms with Gasteiger partial charge in [-0.3, -0.25) is 4.79 Å². The normalized spacial score (nSPS) is 4.57. The molecule has 0 heterocycles. The summed E-state index contributed by atoms with van der Waals surface area (Å²) in [5, 5.41) is 0. The Bertz CT molecular complexity index is 76.2. The molecule has 0 N–H and O–H groups in total. The Morgan fingerprint density at radius 1 is 1.57 bits per heavy atom. The Morgan fingerprint density at radius 2 is 1.71 bits per heavy atom. The van der Waals surface area contributed by atoms with Crippen LogP contribution in [0, 0.1) is 0 Å².